The first-order valence-corrected chi connectivity index (χ1v) is 6.76. The zero-order chi connectivity index (χ0) is 12.8. The fourth-order valence-electron chi connectivity index (χ4n) is 1.12. The summed E-state index contributed by atoms with van der Waals surface area (Å²) in [5.74, 6) is -0.550. The summed E-state index contributed by atoms with van der Waals surface area (Å²) >= 11 is 0. The normalized spacial score (nSPS) is 13.8. The maximum Gasteiger partial charge on any atom is 0.266 e. The first kappa shape index (κ1) is 18.6. The second-order valence-corrected chi connectivity index (χ2v) is 4.08. The zero-order valence-corrected chi connectivity index (χ0v) is 12.6. The summed E-state index contributed by atoms with van der Waals surface area (Å²) < 4.78 is 24.2. The molecule has 17 heavy (non-hydrogen) atoms. The smallest absolute Gasteiger partial charge is 0.266 e. The van der Waals surface area contributed by atoms with E-state index in [0.717, 1.165) is 0 Å². The van der Waals surface area contributed by atoms with Crippen LogP contribution in [0.4, 0.5) is 0 Å². The van der Waals surface area contributed by atoms with Crippen LogP contribution in [0, 0.1) is 0 Å². The summed E-state index contributed by atoms with van der Waals surface area (Å²) in [5, 5.41) is 0. The second-order valence-electron chi connectivity index (χ2n) is 2.43. The van der Waals surface area contributed by atoms with Gasteiger partial charge in [0.15, 0.2) is 0 Å². The molecule has 1 aromatic rings. The summed E-state index contributed by atoms with van der Waals surface area (Å²) in [6.45, 7) is 8.00. The average Bonchev–Trinajstić information content (AvgIpc) is 2.56. The Kier molecular flexibility index (Phi) is 9.11. The maximum atomic E-state index is 11.1. The molecular weight excluding hydrogens is 277 g/mol. The Bertz CT molecular complexity index is 458. The second kappa shape index (κ2) is 8.33. The molecule has 0 spiro atoms. The molecule has 1 amide bonds. The molecule has 0 aromatic heterocycles. The summed E-state index contributed by atoms with van der Waals surface area (Å²) in [4.78, 5) is 11.1. The van der Waals surface area contributed by atoms with E-state index in [1.165, 1.54) is 12.1 Å². The molecule has 4 nitrogen and oxygen atoms in total. The van der Waals surface area contributed by atoms with Gasteiger partial charge in [-0.15, -0.1) is 0 Å². The molecule has 0 unspecified atom stereocenters. The SMILES string of the molecule is CC.CC.O=C1NS(=O)(=O)c2ccccc21.[V]. The molecule has 0 atom stereocenters. The third-order valence-corrected chi connectivity index (χ3v) is 3.04. The Labute approximate surface area is 115 Å². The number of rotatable bonds is 0. The molecule has 6 heteroatoms. The van der Waals surface area contributed by atoms with Crippen LogP contribution in [0.25, 0.3) is 0 Å². The van der Waals surface area contributed by atoms with Gasteiger partial charge in [-0.05, 0) is 12.1 Å². The first-order valence-electron chi connectivity index (χ1n) is 5.27. The molecule has 1 aliphatic rings. The van der Waals surface area contributed by atoms with Crippen molar-refractivity contribution in [3.8, 4) is 0 Å². The van der Waals surface area contributed by atoms with Crippen LogP contribution >= 0.6 is 0 Å². The van der Waals surface area contributed by atoms with Crippen molar-refractivity contribution >= 4 is 15.9 Å². The van der Waals surface area contributed by atoms with Gasteiger partial charge in [0.1, 0.15) is 4.90 Å². The zero-order valence-electron chi connectivity index (χ0n) is 10.4. The minimum atomic E-state index is -3.55. The number of carbonyl (C=O) groups excluding carboxylic acids is 1. The predicted octanol–water partition coefficient (Wildman–Crippen LogP) is 2.17. The first-order chi connectivity index (χ1) is 7.61. The van der Waals surface area contributed by atoms with Gasteiger partial charge in [0, 0.05) is 18.6 Å². The van der Waals surface area contributed by atoms with Crippen molar-refractivity contribution in [3.63, 3.8) is 0 Å². The largest absolute Gasteiger partial charge is 0.268 e. The average molecular weight is 294 g/mol. The van der Waals surface area contributed by atoms with Gasteiger partial charge >= 0.3 is 0 Å². The van der Waals surface area contributed by atoms with Gasteiger partial charge in [-0.3, -0.25) is 4.79 Å². The molecule has 0 aliphatic carbocycles. The van der Waals surface area contributed by atoms with Crippen LogP contribution < -0.4 is 4.72 Å². The molecule has 2 rings (SSSR count). The van der Waals surface area contributed by atoms with E-state index in [4.69, 9.17) is 0 Å². The van der Waals surface area contributed by atoms with Crippen molar-refractivity contribution in [2.24, 2.45) is 0 Å². The van der Waals surface area contributed by atoms with E-state index >= 15 is 0 Å². The Balaban J connectivity index is 0. The van der Waals surface area contributed by atoms with Crippen LogP contribution in [0.1, 0.15) is 38.1 Å². The molecule has 1 aliphatic heterocycles. The fraction of sp³-hybridized carbons (Fsp3) is 0.364. The third-order valence-electron chi connectivity index (χ3n) is 1.65. The van der Waals surface area contributed by atoms with Gasteiger partial charge < -0.3 is 0 Å². The van der Waals surface area contributed by atoms with Crippen LogP contribution in [-0.4, -0.2) is 14.3 Å². The molecule has 1 N–H and O–H groups in total. The van der Waals surface area contributed by atoms with Crippen LogP contribution in [0.2, 0.25) is 0 Å². The van der Waals surface area contributed by atoms with Crippen LogP contribution in [0.3, 0.4) is 0 Å². The Morgan fingerprint density at radius 2 is 1.47 bits per heavy atom. The fourth-order valence-corrected chi connectivity index (χ4v) is 2.29. The van der Waals surface area contributed by atoms with Gasteiger partial charge in [0.25, 0.3) is 15.9 Å². The molecule has 0 saturated carbocycles. The van der Waals surface area contributed by atoms with Gasteiger partial charge in [-0.1, -0.05) is 39.8 Å². The standard InChI is InChI=1S/C7H5NO3S.2C2H6.V/c9-7-5-3-1-2-4-6(5)12(10,11)8-7;2*1-2;/h1-4H,(H,8,9);2*1-2H3;. The van der Waals surface area contributed by atoms with Crippen molar-refractivity contribution in [2.75, 3.05) is 0 Å². The maximum absolute atomic E-state index is 11.1. The van der Waals surface area contributed by atoms with Crippen molar-refractivity contribution in [1.82, 2.24) is 4.72 Å². The van der Waals surface area contributed by atoms with E-state index < -0.39 is 15.9 Å². The van der Waals surface area contributed by atoms with Crippen LogP contribution in [0.15, 0.2) is 29.2 Å². The molecule has 0 fully saturated rings. The number of hydrogen-bond donors (Lipinski definition) is 1. The van der Waals surface area contributed by atoms with Crippen LogP contribution in [0.5, 0.6) is 0 Å². The quantitative estimate of drug-likeness (QED) is 0.797. The number of sulfonamides is 1. The number of amides is 1. The van der Waals surface area contributed by atoms with Crippen molar-refractivity contribution in [3.05, 3.63) is 29.8 Å². The molecule has 1 aromatic carbocycles. The van der Waals surface area contributed by atoms with E-state index in [1.54, 1.807) is 12.1 Å². The van der Waals surface area contributed by atoms with Crippen molar-refractivity contribution in [2.45, 2.75) is 32.6 Å². The van der Waals surface area contributed by atoms with E-state index in [-0.39, 0.29) is 29.0 Å². The van der Waals surface area contributed by atoms with Crippen molar-refractivity contribution in [1.29, 1.82) is 0 Å². The van der Waals surface area contributed by atoms with Gasteiger partial charge in [0.2, 0.25) is 0 Å². The molecule has 0 bridgehead atoms. The van der Waals surface area contributed by atoms with E-state index in [9.17, 15) is 13.2 Å². The number of benzene rings is 1. The summed E-state index contributed by atoms with van der Waals surface area (Å²) in [5.41, 5.74) is 0.220. The van der Waals surface area contributed by atoms with Gasteiger partial charge in [-0.25, -0.2) is 13.1 Å². The topological polar surface area (TPSA) is 63.2 Å². The van der Waals surface area contributed by atoms with E-state index in [1.807, 2.05) is 32.4 Å². The van der Waals surface area contributed by atoms with Gasteiger partial charge in [0.05, 0.1) is 5.56 Å². The monoisotopic (exact) mass is 294 g/mol. The Morgan fingerprint density at radius 3 is 1.94 bits per heavy atom. The van der Waals surface area contributed by atoms with E-state index in [0.29, 0.717) is 0 Å². The predicted molar refractivity (Wildman–Crippen MR) is 63.8 cm³/mol. The third kappa shape index (κ3) is 4.18. The minimum absolute atomic E-state index is 0. The molecule has 1 radical (unpaired) electrons. The molecule has 95 valence electrons. The molecule has 0 saturated heterocycles. The van der Waals surface area contributed by atoms with Crippen LogP contribution in [-0.2, 0) is 28.6 Å². The molecular formula is C11H17NO3SV. The number of fused-ring (bicyclic) bond motifs is 1. The summed E-state index contributed by atoms with van der Waals surface area (Å²) in [6.07, 6.45) is 0. The summed E-state index contributed by atoms with van der Waals surface area (Å²) in [7, 11) is -3.55. The van der Waals surface area contributed by atoms with Gasteiger partial charge in [-0.2, -0.15) is 0 Å². The van der Waals surface area contributed by atoms with E-state index in [2.05, 4.69) is 0 Å². The Morgan fingerprint density at radius 1 is 1.00 bits per heavy atom. The molecule has 1 heterocycles. The number of nitrogens with one attached hydrogen (secondary N) is 1. The Hall–Kier alpha value is -0.776. The minimum Gasteiger partial charge on any atom is -0.268 e. The number of carbonyl (C=O) groups is 1. The number of hydrogen-bond acceptors (Lipinski definition) is 3. The van der Waals surface area contributed by atoms with Crippen molar-refractivity contribution < 1.29 is 31.8 Å². The summed E-state index contributed by atoms with van der Waals surface area (Å²) in [6, 6.07) is 6.09.